The first-order valence-corrected chi connectivity index (χ1v) is 6.85. The van der Waals surface area contributed by atoms with E-state index in [9.17, 15) is 4.79 Å². The number of hydrogen-bond donors (Lipinski definition) is 2. The summed E-state index contributed by atoms with van der Waals surface area (Å²) >= 11 is 0. The number of rotatable bonds is 8. The van der Waals surface area contributed by atoms with Gasteiger partial charge >= 0.3 is 5.97 Å². The lowest BCUT2D eigenvalue weighted by Gasteiger charge is -2.24. The van der Waals surface area contributed by atoms with Crippen LogP contribution in [-0.4, -0.2) is 17.6 Å². The minimum atomic E-state index is -0.742. The summed E-state index contributed by atoms with van der Waals surface area (Å²) in [4.78, 5) is 10.6. The van der Waals surface area contributed by atoms with Crippen molar-refractivity contribution in [2.45, 2.75) is 39.7 Å². The van der Waals surface area contributed by atoms with E-state index in [0.29, 0.717) is 18.5 Å². The zero-order chi connectivity index (χ0) is 15.0. The van der Waals surface area contributed by atoms with Crippen molar-refractivity contribution < 1.29 is 9.90 Å². The lowest BCUT2D eigenvalue weighted by Crippen LogP contribution is -2.23. The van der Waals surface area contributed by atoms with E-state index in [1.165, 1.54) is 0 Å². The minimum Gasteiger partial charge on any atom is -0.481 e. The first-order chi connectivity index (χ1) is 9.44. The molecule has 4 nitrogen and oxygen atoms in total. The topological polar surface area (TPSA) is 73.1 Å². The number of benzene rings is 1. The van der Waals surface area contributed by atoms with Crippen molar-refractivity contribution in [3.8, 4) is 6.07 Å². The number of nitriles is 1. The summed E-state index contributed by atoms with van der Waals surface area (Å²) in [6, 6.07) is 9.72. The molecule has 4 heteroatoms. The van der Waals surface area contributed by atoms with Crippen LogP contribution >= 0.6 is 0 Å². The van der Waals surface area contributed by atoms with Gasteiger partial charge in [0.15, 0.2) is 0 Å². The second-order valence-corrected chi connectivity index (χ2v) is 5.75. The molecule has 0 radical (unpaired) electrons. The van der Waals surface area contributed by atoms with Crippen LogP contribution in [-0.2, 0) is 11.3 Å². The monoisotopic (exact) mass is 274 g/mol. The number of carboxylic acids is 1. The van der Waals surface area contributed by atoms with E-state index in [2.05, 4.69) is 25.2 Å². The van der Waals surface area contributed by atoms with Gasteiger partial charge in [-0.25, -0.2) is 0 Å². The van der Waals surface area contributed by atoms with Crippen LogP contribution in [0.5, 0.6) is 0 Å². The average molecular weight is 274 g/mol. The lowest BCUT2D eigenvalue weighted by atomic mass is 9.84. The second kappa shape index (κ2) is 7.66. The first-order valence-electron chi connectivity index (χ1n) is 6.85. The molecule has 0 aromatic heterocycles. The maximum atomic E-state index is 10.6. The van der Waals surface area contributed by atoms with Crippen LogP contribution in [0.3, 0.4) is 0 Å². The molecule has 20 heavy (non-hydrogen) atoms. The van der Waals surface area contributed by atoms with Gasteiger partial charge in [-0.1, -0.05) is 32.0 Å². The van der Waals surface area contributed by atoms with E-state index in [-0.39, 0.29) is 11.8 Å². The summed E-state index contributed by atoms with van der Waals surface area (Å²) < 4.78 is 0. The molecule has 1 aromatic rings. The van der Waals surface area contributed by atoms with Gasteiger partial charge in [0.05, 0.1) is 11.6 Å². The smallest absolute Gasteiger partial charge is 0.303 e. The van der Waals surface area contributed by atoms with Gasteiger partial charge < -0.3 is 10.4 Å². The Balaban J connectivity index is 2.34. The largest absolute Gasteiger partial charge is 0.481 e. The number of carbonyl (C=O) groups is 1. The Morgan fingerprint density at radius 3 is 2.70 bits per heavy atom. The first kappa shape index (κ1) is 16.2. The van der Waals surface area contributed by atoms with Crippen LogP contribution in [0.1, 0.15) is 44.2 Å². The van der Waals surface area contributed by atoms with Crippen LogP contribution in [0.15, 0.2) is 24.3 Å². The van der Waals surface area contributed by atoms with Crippen molar-refractivity contribution in [1.29, 1.82) is 5.26 Å². The predicted octanol–water partition coefficient (Wildman–Crippen LogP) is 2.93. The Kier molecular flexibility index (Phi) is 6.20. The van der Waals surface area contributed by atoms with Gasteiger partial charge in [-0.15, -0.1) is 0 Å². The molecule has 0 unspecified atom stereocenters. The fraction of sp³-hybridized carbons (Fsp3) is 0.500. The Bertz CT molecular complexity index is 489. The fourth-order valence-electron chi connectivity index (χ4n) is 2.00. The van der Waals surface area contributed by atoms with Crippen LogP contribution in [0, 0.1) is 16.7 Å². The second-order valence-electron chi connectivity index (χ2n) is 5.75. The number of carboxylic acid groups (broad SMARTS) is 1. The summed E-state index contributed by atoms with van der Waals surface area (Å²) in [5.41, 5.74) is 1.71. The highest BCUT2D eigenvalue weighted by Crippen LogP contribution is 2.26. The molecular formula is C16H22N2O2. The molecule has 0 spiro atoms. The zero-order valence-electron chi connectivity index (χ0n) is 12.1. The molecule has 1 aromatic carbocycles. The summed E-state index contributed by atoms with van der Waals surface area (Å²) in [7, 11) is 0. The third-order valence-electron chi connectivity index (χ3n) is 3.45. The van der Waals surface area contributed by atoms with Crippen LogP contribution in [0.4, 0.5) is 0 Å². The predicted molar refractivity (Wildman–Crippen MR) is 78.1 cm³/mol. The van der Waals surface area contributed by atoms with E-state index >= 15 is 0 Å². The number of nitrogens with one attached hydrogen (secondary N) is 1. The van der Waals surface area contributed by atoms with Crippen LogP contribution in [0.25, 0.3) is 0 Å². The van der Waals surface area contributed by atoms with E-state index in [1.807, 2.05) is 24.3 Å². The Labute approximate surface area is 120 Å². The number of aliphatic carboxylic acids is 1. The summed E-state index contributed by atoms with van der Waals surface area (Å²) in [5, 5.41) is 21.0. The van der Waals surface area contributed by atoms with E-state index in [4.69, 9.17) is 10.4 Å². The van der Waals surface area contributed by atoms with Crippen molar-refractivity contribution in [2.24, 2.45) is 5.41 Å². The standard InChI is InChI=1S/C16H22N2O2/c1-16(2,8-7-15(19)20)9-10-18-12-14-6-4-3-5-13(14)11-17/h3-6,18H,7-10,12H2,1-2H3,(H,19,20). The fourth-order valence-corrected chi connectivity index (χ4v) is 2.00. The molecule has 2 N–H and O–H groups in total. The Hall–Kier alpha value is -1.86. The highest BCUT2D eigenvalue weighted by Gasteiger charge is 2.18. The SMILES string of the molecule is CC(C)(CCNCc1ccccc1C#N)CCC(=O)O. The molecule has 0 fully saturated rings. The third kappa shape index (κ3) is 5.85. The van der Waals surface area contributed by atoms with Gasteiger partial charge in [-0.3, -0.25) is 4.79 Å². The molecule has 0 saturated heterocycles. The van der Waals surface area contributed by atoms with Gasteiger partial charge in [0, 0.05) is 13.0 Å². The molecule has 1 rings (SSSR count). The lowest BCUT2D eigenvalue weighted by molar-refractivity contribution is -0.137. The summed E-state index contributed by atoms with van der Waals surface area (Å²) in [6.45, 7) is 5.65. The summed E-state index contributed by atoms with van der Waals surface area (Å²) in [5.74, 6) is -0.742. The highest BCUT2D eigenvalue weighted by atomic mass is 16.4. The quantitative estimate of drug-likeness (QED) is 0.715. The Morgan fingerprint density at radius 2 is 2.05 bits per heavy atom. The van der Waals surface area contributed by atoms with Gasteiger partial charge in [0.2, 0.25) is 0 Å². The van der Waals surface area contributed by atoms with Gasteiger partial charge in [-0.05, 0) is 36.4 Å². The molecule has 108 valence electrons. The minimum absolute atomic E-state index is 0.0140. The molecule has 0 bridgehead atoms. The van der Waals surface area contributed by atoms with Crippen LogP contribution in [0.2, 0.25) is 0 Å². The molecule has 0 aliphatic carbocycles. The molecule has 0 heterocycles. The Morgan fingerprint density at radius 1 is 1.35 bits per heavy atom. The average Bonchev–Trinajstić information content (AvgIpc) is 2.42. The van der Waals surface area contributed by atoms with Gasteiger partial charge in [0.25, 0.3) is 0 Å². The summed E-state index contributed by atoms with van der Waals surface area (Å²) in [6.07, 6.45) is 1.80. The molecule has 0 aliphatic heterocycles. The van der Waals surface area contributed by atoms with Crippen molar-refractivity contribution in [3.05, 3.63) is 35.4 Å². The molecule has 0 saturated carbocycles. The highest BCUT2D eigenvalue weighted by molar-refractivity contribution is 5.66. The molecule has 0 aliphatic rings. The third-order valence-corrected chi connectivity index (χ3v) is 3.45. The van der Waals surface area contributed by atoms with E-state index in [0.717, 1.165) is 18.5 Å². The van der Waals surface area contributed by atoms with Crippen molar-refractivity contribution in [3.63, 3.8) is 0 Å². The molecule has 0 atom stereocenters. The van der Waals surface area contributed by atoms with Crippen molar-refractivity contribution in [1.82, 2.24) is 5.32 Å². The van der Waals surface area contributed by atoms with Crippen molar-refractivity contribution in [2.75, 3.05) is 6.54 Å². The number of nitrogens with zero attached hydrogens (tertiary/aromatic N) is 1. The normalized spacial score (nSPS) is 11.1. The zero-order valence-corrected chi connectivity index (χ0v) is 12.1. The van der Waals surface area contributed by atoms with E-state index in [1.54, 1.807) is 0 Å². The van der Waals surface area contributed by atoms with Crippen molar-refractivity contribution >= 4 is 5.97 Å². The van der Waals surface area contributed by atoms with Gasteiger partial charge in [0.1, 0.15) is 0 Å². The van der Waals surface area contributed by atoms with Gasteiger partial charge in [-0.2, -0.15) is 5.26 Å². The van der Waals surface area contributed by atoms with E-state index < -0.39 is 5.97 Å². The number of hydrogen-bond acceptors (Lipinski definition) is 3. The maximum absolute atomic E-state index is 10.6. The maximum Gasteiger partial charge on any atom is 0.303 e. The molecule has 0 amide bonds. The molecular weight excluding hydrogens is 252 g/mol. The van der Waals surface area contributed by atoms with Crippen LogP contribution < -0.4 is 5.32 Å².